The number of hydrogen-bond acceptors (Lipinski definition) is 2. The molecule has 3 heteroatoms. The average molecular weight is 193 g/mol. The van der Waals surface area contributed by atoms with E-state index in [1.54, 1.807) is 0 Å². The minimum atomic E-state index is 0.685. The van der Waals surface area contributed by atoms with Gasteiger partial charge in [0.2, 0.25) is 0 Å². The first-order valence-electron chi connectivity index (χ1n) is 5.71. The Kier molecular flexibility index (Phi) is 2.85. The molecule has 0 saturated carbocycles. The second-order valence-corrected chi connectivity index (χ2v) is 4.25. The van der Waals surface area contributed by atoms with Crippen LogP contribution in [0.3, 0.4) is 0 Å². The summed E-state index contributed by atoms with van der Waals surface area (Å²) in [6, 6.07) is 0. The zero-order valence-electron chi connectivity index (χ0n) is 9.16. The molecule has 0 saturated heterocycles. The molecule has 3 nitrogen and oxygen atoms in total. The third kappa shape index (κ3) is 1.68. The predicted octanol–water partition coefficient (Wildman–Crippen LogP) is 2.43. The van der Waals surface area contributed by atoms with Gasteiger partial charge in [0.05, 0.1) is 11.4 Å². The van der Waals surface area contributed by atoms with Gasteiger partial charge in [-0.05, 0) is 25.7 Å². The Morgan fingerprint density at radius 3 is 3.00 bits per heavy atom. The maximum absolute atomic E-state index is 4.27. The van der Waals surface area contributed by atoms with Crippen molar-refractivity contribution in [2.24, 2.45) is 7.05 Å². The molecule has 0 bridgehead atoms. The molecule has 78 valence electrons. The van der Waals surface area contributed by atoms with E-state index in [0.717, 1.165) is 6.42 Å². The summed E-state index contributed by atoms with van der Waals surface area (Å²) < 4.78 is 1.98. The van der Waals surface area contributed by atoms with E-state index < -0.39 is 0 Å². The summed E-state index contributed by atoms with van der Waals surface area (Å²) >= 11 is 0. The monoisotopic (exact) mass is 193 g/mol. The van der Waals surface area contributed by atoms with Gasteiger partial charge in [-0.1, -0.05) is 25.0 Å². The zero-order chi connectivity index (χ0) is 9.97. The SMILES string of the molecule is CCC1CCCCCc2nnn(C)c21. The Bertz CT molecular complexity index is 303. The van der Waals surface area contributed by atoms with Crippen LogP contribution in [-0.4, -0.2) is 15.0 Å². The summed E-state index contributed by atoms with van der Waals surface area (Å²) in [5.41, 5.74) is 2.64. The van der Waals surface area contributed by atoms with Crippen molar-refractivity contribution in [2.75, 3.05) is 0 Å². The number of rotatable bonds is 1. The molecule has 0 amide bonds. The van der Waals surface area contributed by atoms with E-state index in [1.165, 1.54) is 43.5 Å². The van der Waals surface area contributed by atoms with Crippen LogP contribution in [0.15, 0.2) is 0 Å². The molecule has 1 aliphatic rings. The Labute approximate surface area is 85.5 Å². The van der Waals surface area contributed by atoms with E-state index in [2.05, 4.69) is 17.2 Å². The van der Waals surface area contributed by atoms with E-state index in [9.17, 15) is 0 Å². The van der Waals surface area contributed by atoms with Gasteiger partial charge in [-0.15, -0.1) is 5.10 Å². The molecule has 0 N–H and O–H groups in total. The van der Waals surface area contributed by atoms with Crippen LogP contribution >= 0.6 is 0 Å². The van der Waals surface area contributed by atoms with Crippen molar-refractivity contribution in [3.05, 3.63) is 11.4 Å². The molecule has 1 aromatic rings. The van der Waals surface area contributed by atoms with E-state index in [-0.39, 0.29) is 0 Å². The third-order valence-corrected chi connectivity index (χ3v) is 3.29. The highest BCUT2D eigenvalue weighted by Crippen LogP contribution is 2.30. The molecule has 2 rings (SSSR count). The lowest BCUT2D eigenvalue weighted by atomic mass is 9.90. The Morgan fingerprint density at radius 2 is 2.21 bits per heavy atom. The van der Waals surface area contributed by atoms with E-state index in [0.29, 0.717) is 5.92 Å². The summed E-state index contributed by atoms with van der Waals surface area (Å²) in [5, 5.41) is 8.42. The van der Waals surface area contributed by atoms with Crippen LogP contribution in [0, 0.1) is 0 Å². The quantitative estimate of drug-likeness (QED) is 0.685. The minimum Gasteiger partial charge on any atom is -0.252 e. The van der Waals surface area contributed by atoms with Gasteiger partial charge < -0.3 is 0 Å². The molecule has 1 heterocycles. The van der Waals surface area contributed by atoms with Crippen LogP contribution in [0.4, 0.5) is 0 Å². The van der Waals surface area contributed by atoms with Crippen molar-refractivity contribution in [1.82, 2.24) is 15.0 Å². The molecule has 1 aliphatic carbocycles. The standard InChI is InChI=1S/C11H19N3/c1-3-9-7-5-4-6-8-10-11(9)14(2)13-12-10/h9H,3-8H2,1-2H3. The topological polar surface area (TPSA) is 30.7 Å². The first-order valence-corrected chi connectivity index (χ1v) is 5.71. The number of fused-ring (bicyclic) bond motifs is 1. The predicted molar refractivity (Wildman–Crippen MR) is 56.2 cm³/mol. The number of nitrogens with zero attached hydrogens (tertiary/aromatic N) is 3. The summed E-state index contributed by atoms with van der Waals surface area (Å²) in [4.78, 5) is 0. The molecule has 0 radical (unpaired) electrons. The zero-order valence-corrected chi connectivity index (χ0v) is 9.16. The highest BCUT2D eigenvalue weighted by Gasteiger charge is 2.20. The van der Waals surface area contributed by atoms with Crippen LogP contribution in [-0.2, 0) is 13.5 Å². The number of aromatic nitrogens is 3. The van der Waals surface area contributed by atoms with Crippen molar-refractivity contribution in [3.63, 3.8) is 0 Å². The third-order valence-electron chi connectivity index (χ3n) is 3.29. The maximum Gasteiger partial charge on any atom is 0.0861 e. The first-order chi connectivity index (χ1) is 6.83. The smallest absolute Gasteiger partial charge is 0.0861 e. The molecular weight excluding hydrogens is 174 g/mol. The average Bonchev–Trinajstić information content (AvgIpc) is 2.48. The summed E-state index contributed by atoms with van der Waals surface area (Å²) in [6.07, 6.45) is 7.65. The fourth-order valence-electron chi connectivity index (χ4n) is 2.48. The van der Waals surface area contributed by atoms with E-state index in [1.807, 2.05) is 11.7 Å². The Morgan fingerprint density at radius 1 is 1.36 bits per heavy atom. The van der Waals surface area contributed by atoms with Crippen LogP contribution in [0.1, 0.15) is 56.3 Å². The second-order valence-electron chi connectivity index (χ2n) is 4.25. The highest BCUT2D eigenvalue weighted by atomic mass is 15.4. The van der Waals surface area contributed by atoms with Gasteiger partial charge in [-0.2, -0.15) is 0 Å². The molecule has 0 aliphatic heterocycles. The van der Waals surface area contributed by atoms with Gasteiger partial charge in [0.1, 0.15) is 0 Å². The van der Waals surface area contributed by atoms with Gasteiger partial charge >= 0.3 is 0 Å². The van der Waals surface area contributed by atoms with Crippen molar-refractivity contribution < 1.29 is 0 Å². The molecule has 0 spiro atoms. The fourth-order valence-corrected chi connectivity index (χ4v) is 2.48. The van der Waals surface area contributed by atoms with Crippen molar-refractivity contribution in [3.8, 4) is 0 Å². The van der Waals surface area contributed by atoms with Crippen LogP contribution in [0.2, 0.25) is 0 Å². The molecule has 1 aromatic heterocycles. The van der Waals surface area contributed by atoms with Crippen molar-refractivity contribution in [1.29, 1.82) is 0 Å². The molecular formula is C11H19N3. The fraction of sp³-hybridized carbons (Fsp3) is 0.818. The second kappa shape index (κ2) is 4.11. The van der Waals surface area contributed by atoms with Gasteiger partial charge in [-0.3, -0.25) is 4.68 Å². The lowest BCUT2D eigenvalue weighted by Gasteiger charge is -2.18. The largest absolute Gasteiger partial charge is 0.252 e. The molecule has 1 unspecified atom stereocenters. The maximum atomic E-state index is 4.27. The number of aryl methyl sites for hydroxylation is 2. The summed E-state index contributed by atoms with van der Waals surface area (Å²) in [6.45, 7) is 2.27. The molecule has 1 atom stereocenters. The molecule has 0 fully saturated rings. The van der Waals surface area contributed by atoms with Gasteiger partial charge in [-0.25, -0.2) is 0 Å². The molecule has 0 aromatic carbocycles. The van der Waals surface area contributed by atoms with E-state index >= 15 is 0 Å². The molecule has 14 heavy (non-hydrogen) atoms. The Hall–Kier alpha value is -0.860. The first kappa shape index (κ1) is 9.69. The van der Waals surface area contributed by atoms with E-state index in [4.69, 9.17) is 0 Å². The van der Waals surface area contributed by atoms with Crippen molar-refractivity contribution >= 4 is 0 Å². The lowest BCUT2D eigenvalue weighted by Crippen LogP contribution is -2.09. The van der Waals surface area contributed by atoms with Crippen LogP contribution in [0.25, 0.3) is 0 Å². The van der Waals surface area contributed by atoms with Gasteiger partial charge in [0, 0.05) is 13.0 Å². The summed E-state index contributed by atoms with van der Waals surface area (Å²) in [5.74, 6) is 0.685. The van der Waals surface area contributed by atoms with Crippen LogP contribution < -0.4 is 0 Å². The normalized spacial score (nSPS) is 22.6. The highest BCUT2D eigenvalue weighted by molar-refractivity contribution is 5.16. The van der Waals surface area contributed by atoms with Gasteiger partial charge in [0.15, 0.2) is 0 Å². The van der Waals surface area contributed by atoms with Gasteiger partial charge in [0.25, 0.3) is 0 Å². The number of hydrogen-bond donors (Lipinski definition) is 0. The van der Waals surface area contributed by atoms with Crippen molar-refractivity contribution in [2.45, 2.75) is 51.4 Å². The minimum absolute atomic E-state index is 0.685. The lowest BCUT2D eigenvalue weighted by molar-refractivity contribution is 0.494. The van der Waals surface area contributed by atoms with Crippen LogP contribution in [0.5, 0.6) is 0 Å². The Balaban J connectivity index is 2.33. The summed E-state index contributed by atoms with van der Waals surface area (Å²) in [7, 11) is 2.02.